The molecule has 0 bridgehead atoms. The molecule has 1 atom stereocenters. The minimum atomic E-state index is -0.454. The first-order chi connectivity index (χ1) is 13.3. The second kappa shape index (κ2) is 7.84. The van der Waals surface area contributed by atoms with Crippen LogP contribution in [0.25, 0.3) is 11.3 Å². The molecule has 1 N–H and O–H groups in total. The molecule has 1 aliphatic heterocycles. The van der Waals surface area contributed by atoms with Crippen LogP contribution in [0.1, 0.15) is 25.1 Å². The lowest BCUT2D eigenvalue weighted by atomic mass is 10.1. The summed E-state index contributed by atoms with van der Waals surface area (Å²) >= 11 is 1.58. The van der Waals surface area contributed by atoms with Gasteiger partial charge >= 0.3 is 0 Å². The Bertz CT molecular complexity index is 951. The Morgan fingerprint density at radius 1 is 1.11 bits per heavy atom. The Hall–Kier alpha value is -2.80. The van der Waals surface area contributed by atoms with Gasteiger partial charge < -0.3 is 14.8 Å². The summed E-state index contributed by atoms with van der Waals surface area (Å²) in [5.74, 6) is 2.15. The van der Waals surface area contributed by atoms with Gasteiger partial charge in [-0.05, 0) is 24.6 Å². The van der Waals surface area contributed by atoms with E-state index in [0.29, 0.717) is 16.7 Å². The van der Waals surface area contributed by atoms with E-state index >= 15 is 0 Å². The summed E-state index contributed by atoms with van der Waals surface area (Å²) in [7, 11) is 1.65. The zero-order valence-corrected chi connectivity index (χ0v) is 16.0. The van der Waals surface area contributed by atoms with Gasteiger partial charge in [0.1, 0.15) is 5.75 Å². The standard InChI is InChI=1S/C20H20N4O2S/c1-3-12-27-20-22-19-17(23-24-20)13-8-4-6-10-15(13)21-18(26-19)14-9-5-7-11-16(14)25-2/h4-11,18,21H,3,12H2,1-2H3/t18-/m0/s1. The summed E-state index contributed by atoms with van der Waals surface area (Å²) in [6.45, 7) is 2.12. The Kier molecular flexibility index (Phi) is 5.11. The fourth-order valence-electron chi connectivity index (χ4n) is 2.93. The Balaban J connectivity index is 1.81. The maximum absolute atomic E-state index is 6.27. The highest BCUT2D eigenvalue weighted by molar-refractivity contribution is 7.99. The van der Waals surface area contributed by atoms with Crippen molar-refractivity contribution in [1.29, 1.82) is 0 Å². The van der Waals surface area contributed by atoms with Gasteiger partial charge in [0.15, 0.2) is 5.69 Å². The van der Waals surface area contributed by atoms with E-state index < -0.39 is 6.23 Å². The van der Waals surface area contributed by atoms with E-state index in [0.717, 1.165) is 34.7 Å². The van der Waals surface area contributed by atoms with E-state index in [1.807, 2.05) is 48.5 Å². The average Bonchev–Trinajstić information content (AvgIpc) is 2.88. The number of rotatable bonds is 5. The van der Waals surface area contributed by atoms with Gasteiger partial charge in [0.25, 0.3) is 0 Å². The molecule has 7 heteroatoms. The molecule has 138 valence electrons. The number of hydrogen-bond acceptors (Lipinski definition) is 7. The van der Waals surface area contributed by atoms with Crippen LogP contribution in [-0.2, 0) is 0 Å². The monoisotopic (exact) mass is 380 g/mol. The molecule has 2 heterocycles. The zero-order valence-electron chi connectivity index (χ0n) is 15.2. The van der Waals surface area contributed by atoms with Crippen LogP contribution < -0.4 is 14.8 Å². The number of thioether (sulfide) groups is 1. The third kappa shape index (κ3) is 3.55. The third-order valence-electron chi connectivity index (χ3n) is 4.19. The van der Waals surface area contributed by atoms with Crippen LogP contribution in [0.5, 0.6) is 11.6 Å². The molecule has 0 saturated carbocycles. The molecule has 0 spiro atoms. The first kappa shape index (κ1) is 17.6. The molecule has 0 aliphatic carbocycles. The summed E-state index contributed by atoms with van der Waals surface area (Å²) < 4.78 is 11.8. The fourth-order valence-corrected chi connectivity index (χ4v) is 3.56. The van der Waals surface area contributed by atoms with E-state index in [9.17, 15) is 0 Å². The van der Waals surface area contributed by atoms with Crippen LogP contribution in [0, 0.1) is 0 Å². The third-order valence-corrected chi connectivity index (χ3v) is 5.23. The number of nitrogens with one attached hydrogen (secondary N) is 1. The van der Waals surface area contributed by atoms with Crippen molar-refractivity contribution >= 4 is 17.4 Å². The molecule has 6 nitrogen and oxygen atoms in total. The minimum absolute atomic E-state index is 0.454. The highest BCUT2D eigenvalue weighted by Crippen LogP contribution is 2.40. The molecule has 1 aliphatic rings. The van der Waals surface area contributed by atoms with Gasteiger partial charge in [0, 0.05) is 17.0 Å². The SMILES string of the molecule is CCCSc1nnc2c(n1)O[C@@H](c1ccccc1OC)Nc1ccccc1-2. The van der Waals surface area contributed by atoms with Gasteiger partial charge in [0.05, 0.1) is 12.7 Å². The van der Waals surface area contributed by atoms with Crippen LogP contribution in [0.15, 0.2) is 53.7 Å². The van der Waals surface area contributed by atoms with Crippen molar-refractivity contribution in [3.63, 3.8) is 0 Å². The predicted molar refractivity (Wildman–Crippen MR) is 106 cm³/mol. The van der Waals surface area contributed by atoms with Gasteiger partial charge in [-0.2, -0.15) is 4.98 Å². The summed E-state index contributed by atoms with van der Waals surface area (Å²) in [4.78, 5) is 4.63. The van der Waals surface area contributed by atoms with Crippen LogP contribution in [0.4, 0.5) is 5.69 Å². The quantitative estimate of drug-likeness (QED) is 0.651. The molecule has 27 heavy (non-hydrogen) atoms. The first-order valence-electron chi connectivity index (χ1n) is 8.83. The number of aromatic nitrogens is 3. The molecule has 3 aromatic rings. The Labute approximate surface area is 162 Å². The topological polar surface area (TPSA) is 69.2 Å². The molecule has 0 saturated heterocycles. The molecule has 0 amide bonds. The normalized spacial score (nSPS) is 15.0. The number of hydrogen-bond donors (Lipinski definition) is 1. The van der Waals surface area contributed by atoms with E-state index in [4.69, 9.17) is 9.47 Å². The lowest BCUT2D eigenvalue weighted by molar-refractivity contribution is 0.220. The average molecular weight is 380 g/mol. The van der Waals surface area contributed by atoms with Crippen molar-refractivity contribution < 1.29 is 9.47 Å². The van der Waals surface area contributed by atoms with Gasteiger partial charge in [-0.25, -0.2) is 0 Å². The number of fused-ring (bicyclic) bond motifs is 3. The second-order valence-corrected chi connectivity index (χ2v) is 7.09. The highest BCUT2D eigenvalue weighted by atomic mass is 32.2. The first-order valence-corrected chi connectivity index (χ1v) is 9.81. The Morgan fingerprint density at radius 3 is 2.78 bits per heavy atom. The van der Waals surface area contributed by atoms with Gasteiger partial charge in [-0.1, -0.05) is 49.0 Å². The largest absolute Gasteiger partial charge is 0.496 e. The lowest BCUT2D eigenvalue weighted by Crippen LogP contribution is -2.18. The van der Waals surface area contributed by atoms with E-state index in [1.165, 1.54) is 0 Å². The summed E-state index contributed by atoms with van der Waals surface area (Å²) in [6.07, 6.45) is 0.587. The molecule has 1 aromatic heterocycles. The molecule has 2 aromatic carbocycles. The molecular weight excluding hydrogens is 360 g/mol. The summed E-state index contributed by atoms with van der Waals surface area (Å²) in [6, 6.07) is 15.7. The van der Waals surface area contributed by atoms with Crippen molar-refractivity contribution in [1.82, 2.24) is 15.2 Å². The molecule has 0 unspecified atom stereocenters. The maximum Gasteiger partial charge on any atom is 0.247 e. The fraction of sp³-hybridized carbons (Fsp3) is 0.250. The predicted octanol–water partition coefficient (Wildman–Crippen LogP) is 4.55. The Morgan fingerprint density at radius 2 is 1.93 bits per heavy atom. The number of para-hydroxylation sites is 2. The number of anilines is 1. The van der Waals surface area contributed by atoms with Crippen LogP contribution in [0.2, 0.25) is 0 Å². The minimum Gasteiger partial charge on any atom is -0.496 e. The van der Waals surface area contributed by atoms with E-state index in [-0.39, 0.29) is 0 Å². The summed E-state index contributed by atoms with van der Waals surface area (Å²) in [5.41, 5.74) is 3.36. The van der Waals surface area contributed by atoms with Gasteiger partial charge in [0.2, 0.25) is 17.3 Å². The molecular formula is C20H20N4O2S. The molecule has 0 radical (unpaired) electrons. The van der Waals surface area contributed by atoms with Crippen molar-refractivity contribution in [2.24, 2.45) is 0 Å². The lowest BCUT2D eigenvalue weighted by Gasteiger charge is -2.21. The number of ether oxygens (including phenoxy) is 2. The number of benzene rings is 2. The van der Waals surface area contributed by atoms with E-state index in [2.05, 4.69) is 27.4 Å². The van der Waals surface area contributed by atoms with Crippen LogP contribution in [-0.4, -0.2) is 28.0 Å². The number of nitrogens with zero attached hydrogens (tertiary/aromatic N) is 3. The number of methoxy groups -OCH3 is 1. The smallest absolute Gasteiger partial charge is 0.247 e. The van der Waals surface area contributed by atoms with Gasteiger partial charge in [-0.3, -0.25) is 0 Å². The van der Waals surface area contributed by atoms with Crippen LogP contribution in [0.3, 0.4) is 0 Å². The summed E-state index contributed by atoms with van der Waals surface area (Å²) in [5, 5.41) is 12.7. The van der Waals surface area contributed by atoms with Crippen molar-refractivity contribution in [2.75, 3.05) is 18.2 Å². The molecule has 0 fully saturated rings. The van der Waals surface area contributed by atoms with Crippen LogP contribution >= 0.6 is 11.8 Å². The zero-order chi connectivity index (χ0) is 18.6. The van der Waals surface area contributed by atoms with Crippen molar-refractivity contribution in [3.05, 3.63) is 54.1 Å². The maximum atomic E-state index is 6.27. The highest BCUT2D eigenvalue weighted by Gasteiger charge is 2.27. The van der Waals surface area contributed by atoms with Gasteiger partial charge in [-0.15, -0.1) is 10.2 Å². The van der Waals surface area contributed by atoms with E-state index in [1.54, 1.807) is 18.9 Å². The van der Waals surface area contributed by atoms with Crippen molar-refractivity contribution in [3.8, 4) is 22.9 Å². The molecule has 4 rings (SSSR count). The second-order valence-electron chi connectivity index (χ2n) is 6.03. The van der Waals surface area contributed by atoms with Crippen molar-refractivity contribution in [2.45, 2.75) is 24.7 Å².